The molecule has 1 aliphatic rings. The lowest BCUT2D eigenvalue weighted by Gasteiger charge is -2.40. The summed E-state index contributed by atoms with van der Waals surface area (Å²) >= 11 is 5.21. The summed E-state index contributed by atoms with van der Waals surface area (Å²) in [6, 6.07) is 1.44. The summed E-state index contributed by atoms with van der Waals surface area (Å²) in [5, 5.41) is 1.78. The van der Waals surface area contributed by atoms with E-state index in [2.05, 4.69) is 25.9 Å². The second-order valence-electron chi connectivity index (χ2n) is 4.02. The predicted octanol–water partition coefficient (Wildman–Crippen LogP) is 2.43. The van der Waals surface area contributed by atoms with Crippen LogP contribution in [0.3, 0.4) is 0 Å². The van der Waals surface area contributed by atoms with Crippen molar-refractivity contribution in [3.63, 3.8) is 0 Å². The van der Waals surface area contributed by atoms with E-state index in [-0.39, 0.29) is 5.56 Å². The molecule has 0 amide bonds. The monoisotopic (exact) mass is 288 g/mol. The van der Waals surface area contributed by atoms with E-state index in [1.54, 1.807) is 18.0 Å². The molecular formula is C10H13BrN2OS. The van der Waals surface area contributed by atoms with Crippen LogP contribution in [0.25, 0.3) is 0 Å². The Kier molecular flexibility index (Phi) is 3.51. The summed E-state index contributed by atoms with van der Waals surface area (Å²) < 4.78 is 0. The molecule has 0 bridgehead atoms. The van der Waals surface area contributed by atoms with Crippen molar-refractivity contribution in [2.75, 3.05) is 11.1 Å². The van der Waals surface area contributed by atoms with Crippen molar-refractivity contribution in [3.05, 3.63) is 22.6 Å². The van der Waals surface area contributed by atoms with Crippen LogP contribution in [0.4, 0.5) is 0 Å². The summed E-state index contributed by atoms with van der Waals surface area (Å²) in [7, 11) is 0. The van der Waals surface area contributed by atoms with Gasteiger partial charge >= 0.3 is 0 Å². The molecule has 0 spiro atoms. The van der Waals surface area contributed by atoms with E-state index in [1.165, 1.54) is 25.3 Å². The quantitative estimate of drug-likeness (QED) is 0.526. The van der Waals surface area contributed by atoms with Crippen LogP contribution in [0.15, 0.2) is 22.2 Å². The maximum absolute atomic E-state index is 11.0. The van der Waals surface area contributed by atoms with Gasteiger partial charge in [0.15, 0.2) is 5.16 Å². The zero-order chi connectivity index (χ0) is 10.7. The lowest BCUT2D eigenvalue weighted by molar-refractivity contribution is 0.206. The van der Waals surface area contributed by atoms with Crippen molar-refractivity contribution in [2.24, 2.45) is 5.41 Å². The average Bonchev–Trinajstić information content (AvgIpc) is 2.17. The second kappa shape index (κ2) is 4.70. The van der Waals surface area contributed by atoms with Crippen molar-refractivity contribution >= 4 is 27.7 Å². The Hall–Kier alpha value is -0.290. The smallest absolute Gasteiger partial charge is 0.251 e. The molecule has 82 valence electrons. The van der Waals surface area contributed by atoms with Crippen LogP contribution in [0.2, 0.25) is 0 Å². The molecule has 1 fully saturated rings. The van der Waals surface area contributed by atoms with Gasteiger partial charge in [-0.05, 0) is 18.3 Å². The maximum atomic E-state index is 11.0. The number of nitrogens with one attached hydrogen (secondary N) is 1. The first kappa shape index (κ1) is 11.2. The molecule has 1 aromatic heterocycles. The standard InChI is InChI=1S/C10H13BrN2OS/c11-6-10(3-1-4-10)7-15-9-12-5-2-8(14)13-9/h2,5H,1,3-4,6-7H2,(H,12,13,14). The molecule has 0 atom stereocenters. The highest BCUT2D eigenvalue weighted by atomic mass is 79.9. The first-order valence-electron chi connectivity index (χ1n) is 4.98. The van der Waals surface area contributed by atoms with Crippen molar-refractivity contribution in [1.29, 1.82) is 0 Å². The van der Waals surface area contributed by atoms with E-state index in [0.29, 0.717) is 5.41 Å². The second-order valence-corrected chi connectivity index (χ2v) is 5.54. The van der Waals surface area contributed by atoms with Gasteiger partial charge in [0.05, 0.1) is 0 Å². The van der Waals surface area contributed by atoms with Gasteiger partial charge in [0, 0.05) is 23.3 Å². The van der Waals surface area contributed by atoms with Gasteiger partial charge in [-0.15, -0.1) is 0 Å². The van der Waals surface area contributed by atoms with Gasteiger partial charge in [0.2, 0.25) is 0 Å². The Labute approximate surface area is 101 Å². The Morgan fingerprint density at radius 2 is 2.40 bits per heavy atom. The zero-order valence-corrected chi connectivity index (χ0v) is 10.7. The SMILES string of the molecule is O=c1ccnc(SCC2(CBr)CCC2)[nH]1. The number of aromatic amines is 1. The van der Waals surface area contributed by atoms with Crippen LogP contribution in [-0.4, -0.2) is 21.1 Å². The predicted molar refractivity (Wildman–Crippen MR) is 65.7 cm³/mol. The molecule has 1 aromatic rings. The van der Waals surface area contributed by atoms with Crippen molar-refractivity contribution in [1.82, 2.24) is 9.97 Å². The molecule has 5 heteroatoms. The number of aromatic nitrogens is 2. The molecule has 2 rings (SSSR count). The number of H-pyrrole nitrogens is 1. The number of nitrogens with zero attached hydrogens (tertiary/aromatic N) is 1. The number of hydrogen-bond acceptors (Lipinski definition) is 3. The molecule has 0 radical (unpaired) electrons. The van der Waals surface area contributed by atoms with E-state index in [4.69, 9.17) is 0 Å². The van der Waals surface area contributed by atoms with E-state index in [0.717, 1.165) is 16.2 Å². The largest absolute Gasteiger partial charge is 0.301 e. The highest BCUT2D eigenvalue weighted by Crippen LogP contribution is 2.45. The van der Waals surface area contributed by atoms with Crippen LogP contribution in [0, 0.1) is 5.41 Å². The van der Waals surface area contributed by atoms with Crippen molar-refractivity contribution < 1.29 is 0 Å². The van der Waals surface area contributed by atoms with E-state index in [9.17, 15) is 4.79 Å². The Morgan fingerprint density at radius 3 is 2.93 bits per heavy atom. The van der Waals surface area contributed by atoms with Crippen LogP contribution in [-0.2, 0) is 0 Å². The Balaban J connectivity index is 1.95. The third-order valence-corrected chi connectivity index (χ3v) is 5.29. The molecule has 0 aliphatic heterocycles. The lowest BCUT2D eigenvalue weighted by Crippen LogP contribution is -2.33. The topological polar surface area (TPSA) is 45.8 Å². The Bertz CT molecular complexity index is 383. The molecule has 3 nitrogen and oxygen atoms in total. The highest BCUT2D eigenvalue weighted by Gasteiger charge is 2.35. The molecule has 15 heavy (non-hydrogen) atoms. The van der Waals surface area contributed by atoms with Crippen molar-refractivity contribution in [3.8, 4) is 0 Å². The van der Waals surface area contributed by atoms with Gasteiger partial charge in [0.1, 0.15) is 0 Å². The fourth-order valence-corrected chi connectivity index (χ4v) is 3.80. The minimum Gasteiger partial charge on any atom is -0.301 e. The summed E-state index contributed by atoms with van der Waals surface area (Å²) in [5.41, 5.74) is 0.355. The zero-order valence-electron chi connectivity index (χ0n) is 8.33. The molecular weight excluding hydrogens is 276 g/mol. The van der Waals surface area contributed by atoms with Gasteiger partial charge in [-0.3, -0.25) is 4.79 Å². The van der Waals surface area contributed by atoms with Gasteiger partial charge in [-0.2, -0.15) is 0 Å². The summed E-state index contributed by atoms with van der Waals surface area (Å²) in [6.45, 7) is 0. The molecule has 0 unspecified atom stereocenters. The van der Waals surface area contributed by atoms with Crippen LogP contribution in [0.1, 0.15) is 19.3 Å². The first-order chi connectivity index (χ1) is 7.24. The minimum absolute atomic E-state index is 0.0750. The van der Waals surface area contributed by atoms with Gasteiger partial charge in [-0.25, -0.2) is 4.98 Å². The van der Waals surface area contributed by atoms with Crippen molar-refractivity contribution in [2.45, 2.75) is 24.4 Å². The third-order valence-electron chi connectivity index (χ3n) is 2.86. The normalized spacial score (nSPS) is 18.5. The molecule has 1 N–H and O–H groups in total. The van der Waals surface area contributed by atoms with E-state index in [1.807, 2.05) is 0 Å². The van der Waals surface area contributed by atoms with Gasteiger partial charge in [0.25, 0.3) is 5.56 Å². The maximum Gasteiger partial charge on any atom is 0.251 e. The van der Waals surface area contributed by atoms with E-state index >= 15 is 0 Å². The molecule has 1 aliphatic carbocycles. The number of halogens is 1. The summed E-state index contributed by atoms with van der Waals surface area (Å²) in [5.74, 6) is 1.03. The number of rotatable bonds is 4. The summed E-state index contributed by atoms with van der Waals surface area (Å²) in [4.78, 5) is 17.9. The average molecular weight is 289 g/mol. The third kappa shape index (κ3) is 2.64. The number of alkyl halides is 1. The minimum atomic E-state index is -0.0750. The Morgan fingerprint density at radius 1 is 1.60 bits per heavy atom. The first-order valence-corrected chi connectivity index (χ1v) is 7.09. The van der Waals surface area contributed by atoms with Crippen LogP contribution in [0.5, 0.6) is 0 Å². The van der Waals surface area contributed by atoms with Gasteiger partial charge in [-0.1, -0.05) is 34.1 Å². The van der Waals surface area contributed by atoms with Crippen LogP contribution >= 0.6 is 27.7 Å². The fraction of sp³-hybridized carbons (Fsp3) is 0.600. The van der Waals surface area contributed by atoms with Gasteiger partial charge < -0.3 is 4.98 Å². The van der Waals surface area contributed by atoms with Crippen LogP contribution < -0.4 is 5.56 Å². The molecule has 1 saturated carbocycles. The molecule has 0 saturated heterocycles. The fourth-order valence-electron chi connectivity index (χ4n) is 1.64. The number of hydrogen-bond donors (Lipinski definition) is 1. The highest BCUT2D eigenvalue weighted by molar-refractivity contribution is 9.09. The molecule has 0 aromatic carbocycles. The van der Waals surface area contributed by atoms with E-state index < -0.39 is 0 Å². The summed E-state index contributed by atoms with van der Waals surface area (Å²) in [6.07, 6.45) is 5.44. The lowest BCUT2D eigenvalue weighted by atomic mass is 9.72. The molecule has 1 heterocycles. The number of thioether (sulfide) groups is 1.